The van der Waals surface area contributed by atoms with Gasteiger partial charge in [0, 0.05) is 26.2 Å². The van der Waals surface area contributed by atoms with Crippen LogP contribution < -0.4 is 0 Å². The summed E-state index contributed by atoms with van der Waals surface area (Å²) in [7, 11) is 1.83. The Morgan fingerprint density at radius 2 is 1.94 bits per heavy atom. The maximum Gasteiger partial charge on any atom is 0.0644 e. The van der Waals surface area contributed by atoms with Gasteiger partial charge in [0.2, 0.25) is 0 Å². The minimum Gasteiger partial charge on any atom is -0.390 e. The van der Waals surface area contributed by atoms with Crippen LogP contribution in [0.15, 0.2) is 0 Å². The van der Waals surface area contributed by atoms with E-state index in [1.165, 1.54) is 25.7 Å². The van der Waals surface area contributed by atoms with Gasteiger partial charge in [-0.1, -0.05) is 0 Å². The molecule has 0 radical (unpaired) electrons. The first-order chi connectivity index (χ1) is 7.61. The number of aliphatic hydroxyl groups is 1. The van der Waals surface area contributed by atoms with E-state index in [1.807, 2.05) is 14.0 Å². The molecule has 2 aliphatic rings. The third kappa shape index (κ3) is 2.96. The predicted molar refractivity (Wildman–Crippen MR) is 64.5 cm³/mol. The molecule has 2 atom stereocenters. The molecule has 1 aliphatic carbocycles. The molecule has 2 rings (SSSR count). The molecule has 2 fully saturated rings. The van der Waals surface area contributed by atoms with Crippen molar-refractivity contribution in [2.45, 2.75) is 63.2 Å². The summed E-state index contributed by atoms with van der Waals surface area (Å²) in [6, 6.07) is 0.690. The minimum absolute atomic E-state index is 0.425. The third-order valence-electron chi connectivity index (χ3n) is 4.32. The lowest BCUT2D eigenvalue weighted by Gasteiger charge is -2.42. The van der Waals surface area contributed by atoms with Gasteiger partial charge in [-0.25, -0.2) is 0 Å². The van der Waals surface area contributed by atoms with Crippen LogP contribution in [0.4, 0.5) is 0 Å². The van der Waals surface area contributed by atoms with Crippen molar-refractivity contribution in [3.05, 3.63) is 0 Å². The van der Waals surface area contributed by atoms with E-state index in [2.05, 4.69) is 4.90 Å². The maximum atomic E-state index is 9.94. The largest absolute Gasteiger partial charge is 0.390 e. The highest BCUT2D eigenvalue weighted by atomic mass is 16.5. The molecule has 0 bridgehead atoms. The Labute approximate surface area is 98.8 Å². The van der Waals surface area contributed by atoms with Crippen molar-refractivity contribution in [3.63, 3.8) is 0 Å². The highest BCUT2D eigenvalue weighted by molar-refractivity contribution is 4.87. The molecule has 0 spiro atoms. The first-order valence-corrected chi connectivity index (χ1v) is 6.60. The lowest BCUT2D eigenvalue weighted by Crippen LogP contribution is -2.49. The first kappa shape index (κ1) is 12.3. The third-order valence-corrected chi connectivity index (χ3v) is 4.32. The number of ether oxygens (including phenoxy) is 1. The average Bonchev–Trinajstić information content (AvgIpc) is 2.29. The summed E-state index contributed by atoms with van der Waals surface area (Å²) < 4.78 is 5.48. The van der Waals surface area contributed by atoms with Gasteiger partial charge in [0.05, 0.1) is 11.7 Å². The van der Waals surface area contributed by atoms with E-state index >= 15 is 0 Å². The van der Waals surface area contributed by atoms with Crippen LogP contribution >= 0.6 is 0 Å². The smallest absolute Gasteiger partial charge is 0.0644 e. The van der Waals surface area contributed by atoms with E-state index in [4.69, 9.17) is 4.74 Å². The zero-order chi connectivity index (χ0) is 11.6. The van der Waals surface area contributed by atoms with Crippen LogP contribution in [0.1, 0.15) is 45.4 Å². The van der Waals surface area contributed by atoms with Gasteiger partial charge in [0.15, 0.2) is 0 Å². The number of hydrogen-bond donors (Lipinski definition) is 1. The molecule has 3 nitrogen and oxygen atoms in total. The number of piperidine rings is 1. The monoisotopic (exact) mass is 227 g/mol. The first-order valence-electron chi connectivity index (χ1n) is 6.60. The fourth-order valence-electron chi connectivity index (χ4n) is 3.04. The second-order valence-electron chi connectivity index (χ2n) is 5.71. The SMILES string of the molecule is COC1CCCC(N2CCC(C)(O)CC2)C1. The molecule has 1 saturated carbocycles. The van der Waals surface area contributed by atoms with Gasteiger partial charge in [0.1, 0.15) is 0 Å². The summed E-state index contributed by atoms with van der Waals surface area (Å²) in [6.07, 6.45) is 7.29. The molecule has 1 saturated heterocycles. The Balaban J connectivity index is 1.84. The fourth-order valence-corrected chi connectivity index (χ4v) is 3.04. The van der Waals surface area contributed by atoms with E-state index in [0.29, 0.717) is 12.1 Å². The van der Waals surface area contributed by atoms with Crippen LogP contribution in [0.3, 0.4) is 0 Å². The lowest BCUT2D eigenvalue weighted by molar-refractivity contribution is -0.0346. The summed E-state index contributed by atoms with van der Waals surface area (Å²) in [5, 5.41) is 9.94. The van der Waals surface area contributed by atoms with Crippen molar-refractivity contribution < 1.29 is 9.84 Å². The van der Waals surface area contributed by atoms with Crippen LogP contribution in [0.2, 0.25) is 0 Å². The molecule has 3 heteroatoms. The summed E-state index contributed by atoms with van der Waals surface area (Å²) in [5.41, 5.74) is -0.425. The Morgan fingerprint density at radius 3 is 2.56 bits per heavy atom. The maximum absolute atomic E-state index is 9.94. The molecule has 1 heterocycles. The van der Waals surface area contributed by atoms with Gasteiger partial charge in [-0.2, -0.15) is 0 Å². The Kier molecular flexibility index (Phi) is 3.88. The zero-order valence-corrected chi connectivity index (χ0v) is 10.6. The second-order valence-corrected chi connectivity index (χ2v) is 5.71. The van der Waals surface area contributed by atoms with E-state index < -0.39 is 5.60 Å². The topological polar surface area (TPSA) is 32.7 Å². The van der Waals surface area contributed by atoms with Crippen molar-refractivity contribution in [2.75, 3.05) is 20.2 Å². The van der Waals surface area contributed by atoms with Crippen molar-refractivity contribution in [3.8, 4) is 0 Å². The van der Waals surface area contributed by atoms with Crippen LogP contribution in [0, 0.1) is 0 Å². The Bertz CT molecular complexity index is 220. The van der Waals surface area contributed by atoms with E-state index in [0.717, 1.165) is 25.9 Å². The quantitative estimate of drug-likeness (QED) is 0.780. The van der Waals surface area contributed by atoms with Gasteiger partial charge >= 0.3 is 0 Å². The summed E-state index contributed by atoms with van der Waals surface area (Å²) in [4.78, 5) is 2.56. The molecule has 94 valence electrons. The molecule has 0 aromatic rings. The van der Waals surface area contributed by atoms with Crippen LogP contribution in [-0.4, -0.2) is 48.0 Å². The number of hydrogen-bond acceptors (Lipinski definition) is 3. The number of methoxy groups -OCH3 is 1. The van der Waals surface area contributed by atoms with Crippen molar-refractivity contribution in [1.82, 2.24) is 4.90 Å². The van der Waals surface area contributed by atoms with Crippen molar-refractivity contribution in [1.29, 1.82) is 0 Å². The van der Waals surface area contributed by atoms with Crippen LogP contribution in [0.25, 0.3) is 0 Å². The normalized spacial score (nSPS) is 36.2. The molecular weight excluding hydrogens is 202 g/mol. The fraction of sp³-hybridized carbons (Fsp3) is 1.00. The summed E-state index contributed by atoms with van der Waals surface area (Å²) in [5.74, 6) is 0. The highest BCUT2D eigenvalue weighted by Gasteiger charge is 2.33. The molecular formula is C13H25NO2. The van der Waals surface area contributed by atoms with Gasteiger partial charge in [-0.15, -0.1) is 0 Å². The average molecular weight is 227 g/mol. The number of likely N-dealkylation sites (tertiary alicyclic amines) is 1. The van der Waals surface area contributed by atoms with E-state index in [-0.39, 0.29) is 0 Å². The van der Waals surface area contributed by atoms with E-state index in [1.54, 1.807) is 0 Å². The van der Waals surface area contributed by atoms with Crippen LogP contribution in [-0.2, 0) is 4.74 Å². The van der Waals surface area contributed by atoms with Gasteiger partial charge in [-0.3, -0.25) is 0 Å². The second kappa shape index (κ2) is 5.03. The minimum atomic E-state index is -0.425. The molecule has 1 aliphatic heterocycles. The van der Waals surface area contributed by atoms with E-state index in [9.17, 15) is 5.11 Å². The molecule has 16 heavy (non-hydrogen) atoms. The molecule has 0 aromatic carbocycles. The zero-order valence-electron chi connectivity index (χ0n) is 10.6. The Morgan fingerprint density at radius 1 is 1.25 bits per heavy atom. The van der Waals surface area contributed by atoms with Crippen molar-refractivity contribution in [2.24, 2.45) is 0 Å². The van der Waals surface area contributed by atoms with Crippen molar-refractivity contribution >= 4 is 0 Å². The summed E-state index contributed by atoms with van der Waals surface area (Å²) in [6.45, 7) is 4.06. The van der Waals surface area contributed by atoms with Crippen LogP contribution in [0.5, 0.6) is 0 Å². The molecule has 2 unspecified atom stereocenters. The molecule has 0 amide bonds. The molecule has 0 aromatic heterocycles. The number of rotatable bonds is 2. The van der Waals surface area contributed by atoms with Gasteiger partial charge < -0.3 is 14.7 Å². The molecule has 1 N–H and O–H groups in total. The lowest BCUT2D eigenvalue weighted by atomic mass is 9.87. The van der Waals surface area contributed by atoms with Gasteiger partial charge in [0.25, 0.3) is 0 Å². The Hall–Kier alpha value is -0.120. The highest BCUT2D eigenvalue weighted by Crippen LogP contribution is 2.29. The predicted octanol–water partition coefficient (Wildman–Crippen LogP) is 1.79. The summed E-state index contributed by atoms with van der Waals surface area (Å²) >= 11 is 0. The van der Waals surface area contributed by atoms with Gasteiger partial charge in [-0.05, 0) is 45.4 Å². The number of nitrogens with zero attached hydrogens (tertiary/aromatic N) is 1. The standard InChI is InChI=1S/C13H25NO2/c1-13(15)6-8-14(9-7-13)11-4-3-5-12(10-11)16-2/h11-12,15H,3-10H2,1-2H3.